The zero-order chi connectivity index (χ0) is 10.1. The molecule has 6 heteroatoms. The fraction of sp³-hybridized carbons (Fsp3) is 0. The summed E-state index contributed by atoms with van der Waals surface area (Å²) in [6.07, 6.45) is 1.42. The van der Waals surface area contributed by atoms with Gasteiger partial charge in [0.25, 0.3) is 5.56 Å². The molecule has 0 aliphatic rings. The lowest BCUT2D eigenvalue weighted by Gasteiger charge is -1.97. The highest BCUT2D eigenvalue weighted by Gasteiger charge is 2.12. The lowest BCUT2D eigenvalue weighted by Crippen LogP contribution is -2.14. The van der Waals surface area contributed by atoms with E-state index in [1.165, 1.54) is 12.3 Å². The first-order valence-corrected chi connectivity index (χ1v) is 3.77. The van der Waals surface area contributed by atoms with Crippen LogP contribution in [-0.2, 0) is 0 Å². The molecule has 0 amide bonds. The molecule has 0 bridgehead atoms. The van der Waals surface area contributed by atoms with E-state index in [0.717, 1.165) is 0 Å². The lowest BCUT2D eigenvalue weighted by atomic mass is 10.2. The van der Waals surface area contributed by atoms with Crippen molar-refractivity contribution in [1.82, 2.24) is 15.2 Å². The van der Waals surface area contributed by atoms with Crippen LogP contribution in [0.1, 0.15) is 10.5 Å². The normalized spacial score (nSPS) is 10.3. The Morgan fingerprint density at radius 1 is 1.50 bits per heavy atom. The average Bonchev–Trinajstić information content (AvgIpc) is 2.18. The number of fused-ring (bicyclic) bond motifs is 1. The van der Waals surface area contributed by atoms with Crippen LogP contribution in [0.2, 0.25) is 0 Å². The van der Waals surface area contributed by atoms with Gasteiger partial charge in [0, 0.05) is 11.6 Å². The first-order chi connectivity index (χ1) is 6.70. The highest BCUT2D eigenvalue weighted by atomic mass is 16.4. The highest BCUT2D eigenvalue weighted by molar-refractivity contribution is 5.99. The minimum atomic E-state index is -1.20. The molecule has 70 valence electrons. The number of pyridine rings is 1. The van der Waals surface area contributed by atoms with Gasteiger partial charge in [-0.3, -0.25) is 9.78 Å². The number of carboxylic acid groups (broad SMARTS) is 1. The third-order valence-electron chi connectivity index (χ3n) is 1.75. The van der Waals surface area contributed by atoms with Gasteiger partial charge in [0.2, 0.25) is 0 Å². The van der Waals surface area contributed by atoms with Crippen molar-refractivity contribution in [3.05, 3.63) is 34.4 Å². The van der Waals surface area contributed by atoms with E-state index in [0.29, 0.717) is 0 Å². The molecule has 0 aromatic carbocycles. The predicted molar refractivity (Wildman–Crippen MR) is 47.1 cm³/mol. The molecule has 6 nitrogen and oxygen atoms in total. The van der Waals surface area contributed by atoms with Crippen LogP contribution in [0.15, 0.2) is 23.1 Å². The fourth-order valence-corrected chi connectivity index (χ4v) is 1.16. The molecule has 0 radical (unpaired) electrons. The standard InChI is InChI=1S/C8H5N3O3/c12-7-5-4(2-1-3-9-5)6(8(13)14)10-11-7/h1-3H,(H,11,12)(H,13,14). The van der Waals surface area contributed by atoms with E-state index in [-0.39, 0.29) is 16.6 Å². The Balaban J connectivity index is 2.96. The van der Waals surface area contributed by atoms with Crippen molar-refractivity contribution in [1.29, 1.82) is 0 Å². The number of hydrogen-bond donors (Lipinski definition) is 2. The third kappa shape index (κ3) is 1.13. The summed E-state index contributed by atoms with van der Waals surface area (Å²) in [5.41, 5.74) is -0.613. The second-order valence-electron chi connectivity index (χ2n) is 2.61. The number of nitrogens with one attached hydrogen (secondary N) is 1. The van der Waals surface area contributed by atoms with E-state index in [1.54, 1.807) is 6.07 Å². The number of hydrogen-bond acceptors (Lipinski definition) is 4. The fourth-order valence-electron chi connectivity index (χ4n) is 1.16. The maximum Gasteiger partial charge on any atom is 0.357 e. The molecule has 0 aliphatic carbocycles. The number of carboxylic acids is 1. The Hall–Kier alpha value is -2.24. The number of H-pyrrole nitrogens is 1. The zero-order valence-electron chi connectivity index (χ0n) is 6.89. The third-order valence-corrected chi connectivity index (χ3v) is 1.75. The Kier molecular flexibility index (Phi) is 1.74. The first-order valence-electron chi connectivity index (χ1n) is 3.77. The van der Waals surface area contributed by atoms with Gasteiger partial charge in [-0.2, -0.15) is 5.10 Å². The molecule has 0 aliphatic heterocycles. The van der Waals surface area contributed by atoms with Gasteiger partial charge in [-0.15, -0.1) is 0 Å². The summed E-state index contributed by atoms with van der Waals surface area (Å²) in [6.45, 7) is 0. The second-order valence-corrected chi connectivity index (χ2v) is 2.61. The van der Waals surface area contributed by atoms with Crippen LogP contribution >= 0.6 is 0 Å². The van der Waals surface area contributed by atoms with E-state index in [2.05, 4.69) is 15.2 Å². The van der Waals surface area contributed by atoms with Gasteiger partial charge in [-0.05, 0) is 12.1 Å². The minimum Gasteiger partial charge on any atom is -0.476 e. The molecular weight excluding hydrogens is 186 g/mol. The number of rotatable bonds is 1. The molecule has 2 aromatic rings. The van der Waals surface area contributed by atoms with Crippen molar-refractivity contribution in [3.63, 3.8) is 0 Å². The van der Waals surface area contributed by atoms with Crippen LogP contribution < -0.4 is 5.56 Å². The van der Waals surface area contributed by atoms with Gasteiger partial charge in [-0.1, -0.05) is 0 Å². The van der Waals surface area contributed by atoms with Crippen LogP contribution in [0.3, 0.4) is 0 Å². The van der Waals surface area contributed by atoms with Crippen molar-refractivity contribution in [2.75, 3.05) is 0 Å². The van der Waals surface area contributed by atoms with Gasteiger partial charge < -0.3 is 5.11 Å². The molecule has 2 aromatic heterocycles. The second kappa shape index (κ2) is 2.91. The molecule has 0 saturated heterocycles. The summed E-state index contributed by atoms with van der Waals surface area (Å²) in [5, 5.41) is 14.5. The number of nitrogens with zero attached hydrogens (tertiary/aromatic N) is 2. The number of aromatic carboxylic acids is 1. The zero-order valence-corrected chi connectivity index (χ0v) is 6.89. The maximum atomic E-state index is 11.2. The Morgan fingerprint density at radius 3 is 3.00 bits per heavy atom. The van der Waals surface area contributed by atoms with Gasteiger partial charge in [-0.25, -0.2) is 9.89 Å². The van der Waals surface area contributed by atoms with E-state index in [1.807, 2.05) is 0 Å². The molecule has 0 fully saturated rings. The van der Waals surface area contributed by atoms with Crippen LogP contribution in [-0.4, -0.2) is 26.3 Å². The minimum absolute atomic E-state index is 0.0832. The van der Waals surface area contributed by atoms with E-state index in [9.17, 15) is 9.59 Å². The Labute approximate surface area is 77.2 Å². The van der Waals surface area contributed by atoms with Gasteiger partial charge >= 0.3 is 5.97 Å². The maximum absolute atomic E-state index is 11.2. The summed E-state index contributed by atoms with van der Waals surface area (Å²) >= 11 is 0. The van der Waals surface area contributed by atoms with Crippen LogP contribution in [0.25, 0.3) is 10.9 Å². The summed E-state index contributed by atoms with van der Waals surface area (Å²) in [5.74, 6) is -1.20. The van der Waals surface area contributed by atoms with Crippen LogP contribution in [0, 0.1) is 0 Å². The summed E-state index contributed by atoms with van der Waals surface area (Å²) in [4.78, 5) is 25.7. The molecule has 2 N–H and O–H groups in total. The summed E-state index contributed by atoms with van der Waals surface area (Å²) in [7, 11) is 0. The average molecular weight is 191 g/mol. The van der Waals surface area contributed by atoms with E-state index in [4.69, 9.17) is 5.11 Å². The lowest BCUT2D eigenvalue weighted by molar-refractivity contribution is 0.0691. The van der Waals surface area contributed by atoms with Crippen LogP contribution in [0.4, 0.5) is 0 Å². The Morgan fingerprint density at radius 2 is 2.29 bits per heavy atom. The van der Waals surface area contributed by atoms with Gasteiger partial charge in [0.15, 0.2) is 5.69 Å². The molecule has 14 heavy (non-hydrogen) atoms. The SMILES string of the molecule is O=C(O)c1n[nH]c(=O)c2ncccc12. The van der Waals surface area contributed by atoms with Crippen molar-refractivity contribution >= 4 is 16.9 Å². The van der Waals surface area contributed by atoms with Crippen molar-refractivity contribution in [2.45, 2.75) is 0 Å². The molecular formula is C8H5N3O3. The van der Waals surface area contributed by atoms with Crippen molar-refractivity contribution < 1.29 is 9.90 Å². The predicted octanol–water partition coefficient (Wildman–Crippen LogP) is 0.0163. The quantitative estimate of drug-likeness (QED) is 0.662. The number of aromatic nitrogens is 3. The topological polar surface area (TPSA) is 95.9 Å². The highest BCUT2D eigenvalue weighted by Crippen LogP contribution is 2.09. The molecule has 2 heterocycles. The first kappa shape index (κ1) is 8.36. The van der Waals surface area contributed by atoms with Crippen molar-refractivity contribution in [2.24, 2.45) is 0 Å². The molecule has 0 spiro atoms. The van der Waals surface area contributed by atoms with Gasteiger partial charge in [0.05, 0.1) is 0 Å². The number of aromatic amines is 1. The summed E-state index contributed by atoms with van der Waals surface area (Å²) in [6, 6.07) is 3.05. The molecule has 2 rings (SSSR count). The summed E-state index contributed by atoms with van der Waals surface area (Å²) < 4.78 is 0. The van der Waals surface area contributed by atoms with Gasteiger partial charge in [0.1, 0.15) is 5.52 Å². The molecule has 0 saturated carbocycles. The largest absolute Gasteiger partial charge is 0.476 e. The van der Waals surface area contributed by atoms with Crippen LogP contribution in [0.5, 0.6) is 0 Å². The monoisotopic (exact) mass is 191 g/mol. The molecule has 0 unspecified atom stereocenters. The molecule has 0 atom stereocenters. The number of carbonyl (C=O) groups is 1. The van der Waals surface area contributed by atoms with E-state index < -0.39 is 11.5 Å². The smallest absolute Gasteiger partial charge is 0.357 e. The van der Waals surface area contributed by atoms with Crippen molar-refractivity contribution in [3.8, 4) is 0 Å². The Bertz CT molecular complexity index is 561. The van der Waals surface area contributed by atoms with E-state index >= 15 is 0 Å².